The molecular weight excluding hydrogens is 324 g/mol. The molecule has 2 saturated heterocycles. The van der Waals surface area contributed by atoms with Gasteiger partial charge in [0.15, 0.2) is 9.84 Å². The first-order valence-corrected chi connectivity index (χ1v) is 10.1. The Morgan fingerprint density at radius 2 is 2.05 bits per heavy atom. The third kappa shape index (κ3) is 3.16. The van der Waals surface area contributed by atoms with Crippen LogP contribution in [0.15, 0.2) is 0 Å². The molecule has 1 aromatic rings. The number of carbonyl (C=O) groups is 1. The summed E-state index contributed by atoms with van der Waals surface area (Å²) in [4.78, 5) is 17.2. The maximum absolute atomic E-state index is 12.5. The van der Waals surface area contributed by atoms with Crippen molar-refractivity contribution in [2.24, 2.45) is 0 Å². The normalized spacial score (nSPS) is 25.5. The molecule has 2 aliphatic rings. The van der Waals surface area contributed by atoms with Crippen molar-refractivity contribution < 1.29 is 13.2 Å². The molecule has 2 aliphatic heterocycles. The Morgan fingerprint density at radius 3 is 2.64 bits per heavy atom. The lowest BCUT2D eigenvalue weighted by molar-refractivity contribution is 0.0591. The van der Waals surface area contributed by atoms with E-state index in [-0.39, 0.29) is 17.7 Å². The molecule has 3 rings (SSSR count). The summed E-state index contributed by atoms with van der Waals surface area (Å²) in [5.74, 6) is 0.564. The molecule has 0 bridgehead atoms. The number of rotatable bonds is 3. The predicted molar refractivity (Wildman–Crippen MR) is 83.8 cm³/mol. The van der Waals surface area contributed by atoms with E-state index in [1.54, 1.807) is 0 Å². The summed E-state index contributed by atoms with van der Waals surface area (Å²) < 4.78 is 27.0. The summed E-state index contributed by atoms with van der Waals surface area (Å²) in [6.45, 7) is 4.71. The lowest BCUT2D eigenvalue weighted by Gasteiger charge is -2.37. The van der Waals surface area contributed by atoms with Crippen LogP contribution in [0.5, 0.6) is 0 Å². The minimum atomic E-state index is -2.86. The zero-order valence-electron chi connectivity index (χ0n) is 12.6. The fraction of sp³-hybridized carbons (Fsp3) is 0.769. The first-order chi connectivity index (χ1) is 10.5. The van der Waals surface area contributed by atoms with E-state index in [0.29, 0.717) is 30.1 Å². The van der Waals surface area contributed by atoms with Crippen LogP contribution in [-0.2, 0) is 16.3 Å². The molecule has 0 spiro atoms. The number of nitrogens with zero attached hydrogens (tertiary/aromatic N) is 4. The van der Waals surface area contributed by atoms with E-state index in [1.165, 1.54) is 0 Å². The molecule has 1 amide bonds. The Labute approximate surface area is 134 Å². The van der Waals surface area contributed by atoms with Gasteiger partial charge in [0, 0.05) is 32.2 Å². The van der Waals surface area contributed by atoms with E-state index >= 15 is 0 Å². The minimum Gasteiger partial charge on any atom is -0.335 e. The minimum absolute atomic E-state index is 0.00513. The number of hydrogen-bond donors (Lipinski definition) is 0. The van der Waals surface area contributed by atoms with Crippen LogP contribution in [0.2, 0.25) is 0 Å². The Bertz CT molecular complexity index is 650. The van der Waals surface area contributed by atoms with Crippen molar-refractivity contribution >= 4 is 27.3 Å². The van der Waals surface area contributed by atoms with E-state index in [4.69, 9.17) is 0 Å². The Hall–Kier alpha value is -1.06. The van der Waals surface area contributed by atoms with Gasteiger partial charge in [0.2, 0.25) is 0 Å². The van der Waals surface area contributed by atoms with Crippen LogP contribution in [0.3, 0.4) is 0 Å². The largest absolute Gasteiger partial charge is 0.335 e. The zero-order chi connectivity index (χ0) is 15.7. The van der Waals surface area contributed by atoms with Crippen molar-refractivity contribution in [3.05, 3.63) is 10.6 Å². The lowest BCUT2D eigenvalue weighted by atomic mass is 10.2. The quantitative estimate of drug-likeness (QED) is 0.770. The Balaban J connectivity index is 1.59. The second-order valence-corrected chi connectivity index (χ2v) is 8.77. The van der Waals surface area contributed by atoms with Gasteiger partial charge in [-0.1, -0.05) is 11.4 Å². The molecule has 1 aromatic heterocycles. The van der Waals surface area contributed by atoms with E-state index in [0.717, 1.165) is 36.7 Å². The molecule has 0 saturated carbocycles. The third-order valence-corrected chi connectivity index (χ3v) is 6.92. The molecule has 9 heteroatoms. The summed E-state index contributed by atoms with van der Waals surface area (Å²) in [6, 6.07) is 0.124. The van der Waals surface area contributed by atoms with Crippen molar-refractivity contribution in [2.45, 2.75) is 25.8 Å². The van der Waals surface area contributed by atoms with Gasteiger partial charge in [0.1, 0.15) is 4.88 Å². The second kappa shape index (κ2) is 6.21. The van der Waals surface area contributed by atoms with Gasteiger partial charge in [-0.2, -0.15) is 0 Å². The van der Waals surface area contributed by atoms with Crippen LogP contribution in [0.25, 0.3) is 0 Å². The standard InChI is InChI=1S/C13H20N4O3S2/c1-2-11-12(21-15-14-11)13(18)17-6-4-16(5-7-17)10-3-8-22(19,20)9-10/h10H,2-9H2,1H3. The Kier molecular flexibility index (Phi) is 4.47. The van der Waals surface area contributed by atoms with Gasteiger partial charge in [-0.3, -0.25) is 9.69 Å². The fourth-order valence-corrected chi connectivity index (χ4v) is 5.58. The van der Waals surface area contributed by atoms with Gasteiger partial charge in [-0.15, -0.1) is 5.10 Å². The summed E-state index contributed by atoms with van der Waals surface area (Å²) in [5.41, 5.74) is 0.763. The number of piperazine rings is 1. The highest BCUT2D eigenvalue weighted by Gasteiger charge is 2.34. The van der Waals surface area contributed by atoms with E-state index in [1.807, 2.05) is 11.8 Å². The third-order valence-electron chi connectivity index (χ3n) is 4.41. The number of hydrogen-bond acceptors (Lipinski definition) is 7. The maximum atomic E-state index is 12.5. The Morgan fingerprint density at radius 1 is 1.32 bits per heavy atom. The van der Waals surface area contributed by atoms with Gasteiger partial charge in [-0.25, -0.2) is 8.42 Å². The van der Waals surface area contributed by atoms with Crippen molar-refractivity contribution in [2.75, 3.05) is 37.7 Å². The molecule has 0 aromatic carbocycles. The first kappa shape index (κ1) is 15.8. The van der Waals surface area contributed by atoms with E-state index in [2.05, 4.69) is 14.5 Å². The lowest BCUT2D eigenvalue weighted by Crippen LogP contribution is -2.52. The van der Waals surface area contributed by atoms with Crippen LogP contribution in [-0.4, -0.2) is 77.4 Å². The number of amides is 1. The summed E-state index contributed by atoms with van der Waals surface area (Å²) in [7, 11) is -2.86. The predicted octanol–water partition coefficient (Wildman–Crippen LogP) is 0.0454. The molecule has 2 fully saturated rings. The highest BCUT2D eigenvalue weighted by molar-refractivity contribution is 7.91. The van der Waals surface area contributed by atoms with Gasteiger partial charge in [0.05, 0.1) is 17.2 Å². The maximum Gasteiger partial charge on any atom is 0.267 e. The van der Waals surface area contributed by atoms with Crippen LogP contribution >= 0.6 is 11.5 Å². The molecule has 1 atom stereocenters. The molecular formula is C13H20N4O3S2. The van der Waals surface area contributed by atoms with Crippen LogP contribution in [0.1, 0.15) is 28.7 Å². The highest BCUT2D eigenvalue weighted by Crippen LogP contribution is 2.21. The second-order valence-electron chi connectivity index (χ2n) is 5.79. The molecule has 0 aliphatic carbocycles. The SMILES string of the molecule is CCc1nnsc1C(=O)N1CCN(C2CCS(=O)(=O)C2)CC1. The molecule has 22 heavy (non-hydrogen) atoms. The number of sulfone groups is 1. The number of aromatic nitrogens is 2. The number of aryl methyl sites for hydroxylation is 1. The highest BCUT2D eigenvalue weighted by atomic mass is 32.2. The molecule has 0 radical (unpaired) electrons. The summed E-state index contributed by atoms with van der Waals surface area (Å²) >= 11 is 1.16. The molecule has 0 N–H and O–H groups in total. The van der Waals surface area contributed by atoms with Crippen molar-refractivity contribution in [3.63, 3.8) is 0 Å². The van der Waals surface area contributed by atoms with E-state index < -0.39 is 9.84 Å². The van der Waals surface area contributed by atoms with Crippen LogP contribution < -0.4 is 0 Å². The van der Waals surface area contributed by atoms with Gasteiger partial charge >= 0.3 is 0 Å². The smallest absolute Gasteiger partial charge is 0.267 e. The first-order valence-electron chi connectivity index (χ1n) is 7.55. The molecule has 7 nitrogen and oxygen atoms in total. The van der Waals surface area contributed by atoms with Crippen LogP contribution in [0.4, 0.5) is 0 Å². The van der Waals surface area contributed by atoms with Crippen molar-refractivity contribution in [3.8, 4) is 0 Å². The molecule has 122 valence electrons. The number of carbonyl (C=O) groups excluding carboxylic acids is 1. The molecule has 1 unspecified atom stereocenters. The summed E-state index contributed by atoms with van der Waals surface area (Å²) in [6.07, 6.45) is 1.42. The van der Waals surface area contributed by atoms with Gasteiger partial charge in [0.25, 0.3) is 5.91 Å². The van der Waals surface area contributed by atoms with Crippen LogP contribution in [0, 0.1) is 0 Å². The van der Waals surface area contributed by atoms with Crippen molar-refractivity contribution in [1.82, 2.24) is 19.4 Å². The fourth-order valence-electron chi connectivity index (χ4n) is 3.10. The molecule has 3 heterocycles. The summed E-state index contributed by atoms with van der Waals surface area (Å²) in [5, 5.41) is 3.99. The van der Waals surface area contributed by atoms with Gasteiger partial charge < -0.3 is 4.90 Å². The van der Waals surface area contributed by atoms with Gasteiger partial charge in [-0.05, 0) is 24.4 Å². The monoisotopic (exact) mass is 344 g/mol. The average Bonchev–Trinajstić information content (AvgIpc) is 3.12. The van der Waals surface area contributed by atoms with E-state index in [9.17, 15) is 13.2 Å². The zero-order valence-corrected chi connectivity index (χ0v) is 14.2. The average molecular weight is 344 g/mol. The topological polar surface area (TPSA) is 83.5 Å². The van der Waals surface area contributed by atoms with Crippen molar-refractivity contribution in [1.29, 1.82) is 0 Å².